The molecular weight excluding hydrogens is 362 g/mol. The van der Waals surface area contributed by atoms with Crippen molar-refractivity contribution >= 4 is 28.0 Å². The lowest BCUT2D eigenvalue weighted by Crippen LogP contribution is -2.14. The van der Waals surface area contributed by atoms with E-state index in [4.69, 9.17) is 0 Å². The Kier molecular flexibility index (Phi) is 5.88. The summed E-state index contributed by atoms with van der Waals surface area (Å²) in [6.45, 7) is 4.64. The van der Waals surface area contributed by atoms with Crippen molar-refractivity contribution in [2.75, 3.05) is 13.6 Å². The van der Waals surface area contributed by atoms with Crippen LogP contribution in [0.25, 0.3) is 0 Å². The fraction of sp³-hybridized carbons (Fsp3) is 0.278. The fourth-order valence-electron chi connectivity index (χ4n) is 2.23. The second-order valence-electron chi connectivity index (χ2n) is 5.46. The van der Waals surface area contributed by atoms with Crippen molar-refractivity contribution in [2.45, 2.75) is 20.3 Å². The Morgan fingerprint density at radius 3 is 2.57 bits per heavy atom. The van der Waals surface area contributed by atoms with Gasteiger partial charge in [-0.3, -0.25) is 0 Å². The number of hydrogen-bond donors (Lipinski definition) is 0. The zero-order chi connectivity index (χ0) is 17.0. The van der Waals surface area contributed by atoms with Gasteiger partial charge in [-0.1, -0.05) is 22.0 Å². The lowest BCUT2D eigenvalue weighted by Gasteiger charge is -2.13. The summed E-state index contributed by atoms with van der Waals surface area (Å²) < 4.78 is 28.5. The van der Waals surface area contributed by atoms with E-state index in [2.05, 4.69) is 20.9 Å². The SMILES string of the molecule is CCN(C)C=Nc1c(C)cc(F)cc1Cc1ccc(Br)cc1F. The molecule has 0 bridgehead atoms. The highest BCUT2D eigenvalue weighted by atomic mass is 79.9. The molecule has 2 aromatic rings. The number of halogens is 3. The van der Waals surface area contributed by atoms with Gasteiger partial charge in [0.2, 0.25) is 0 Å². The van der Waals surface area contributed by atoms with Gasteiger partial charge in [-0.15, -0.1) is 0 Å². The summed E-state index contributed by atoms with van der Waals surface area (Å²) in [5.41, 5.74) is 2.61. The maximum absolute atomic E-state index is 14.1. The average Bonchev–Trinajstić information content (AvgIpc) is 2.48. The van der Waals surface area contributed by atoms with Crippen LogP contribution in [0.4, 0.5) is 14.5 Å². The van der Waals surface area contributed by atoms with Gasteiger partial charge in [-0.2, -0.15) is 0 Å². The van der Waals surface area contributed by atoms with Crippen molar-refractivity contribution in [1.82, 2.24) is 4.90 Å². The summed E-state index contributed by atoms with van der Waals surface area (Å²) >= 11 is 3.24. The molecule has 0 fully saturated rings. The summed E-state index contributed by atoms with van der Waals surface area (Å²) in [6, 6.07) is 7.76. The molecule has 0 amide bonds. The third kappa shape index (κ3) is 4.61. The minimum atomic E-state index is -0.335. The molecule has 2 nitrogen and oxygen atoms in total. The van der Waals surface area contributed by atoms with Crippen molar-refractivity contribution in [2.24, 2.45) is 4.99 Å². The van der Waals surface area contributed by atoms with E-state index in [0.29, 0.717) is 27.7 Å². The summed E-state index contributed by atoms with van der Waals surface area (Å²) in [5.74, 6) is -0.653. The van der Waals surface area contributed by atoms with Gasteiger partial charge < -0.3 is 4.90 Å². The zero-order valence-electron chi connectivity index (χ0n) is 13.4. The van der Waals surface area contributed by atoms with E-state index in [-0.39, 0.29) is 11.6 Å². The predicted molar refractivity (Wildman–Crippen MR) is 94.5 cm³/mol. The van der Waals surface area contributed by atoms with Crippen molar-refractivity contribution in [3.8, 4) is 0 Å². The molecule has 5 heteroatoms. The van der Waals surface area contributed by atoms with E-state index in [9.17, 15) is 8.78 Å². The molecule has 0 saturated carbocycles. The highest BCUT2D eigenvalue weighted by Crippen LogP contribution is 2.29. The Morgan fingerprint density at radius 1 is 1.17 bits per heavy atom. The van der Waals surface area contributed by atoms with Crippen LogP contribution in [0.15, 0.2) is 39.8 Å². The molecule has 0 aromatic heterocycles. The summed E-state index contributed by atoms with van der Waals surface area (Å²) in [5, 5.41) is 0. The largest absolute Gasteiger partial charge is 0.366 e. The first-order valence-corrected chi connectivity index (χ1v) is 8.17. The van der Waals surface area contributed by atoms with E-state index in [0.717, 1.165) is 12.1 Å². The van der Waals surface area contributed by atoms with Crippen LogP contribution in [0.1, 0.15) is 23.6 Å². The highest BCUT2D eigenvalue weighted by Gasteiger charge is 2.11. The van der Waals surface area contributed by atoms with Gasteiger partial charge in [0.05, 0.1) is 12.0 Å². The second-order valence-corrected chi connectivity index (χ2v) is 6.38. The van der Waals surface area contributed by atoms with E-state index in [1.165, 1.54) is 18.2 Å². The molecule has 0 radical (unpaired) electrons. The van der Waals surface area contributed by atoms with Crippen molar-refractivity contribution in [3.05, 3.63) is 63.1 Å². The Morgan fingerprint density at radius 2 is 1.91 bits per heavy atom. The molecule has 122 valence electrons. The molecule has 0 spiro atoms. The number of nitrogens with zero attached hydrogens (tertiary/aromatic N) is 2. The van der Waals surface area contributed by atoms with Crippen LogP contribution in [0.2, 0.25) is 0 Å². The third-order valence-electron chi connectivity index (χ3n) is 3.62. The van der Waals surface area contributed by atoms with Gasteiger partial charge in [0.25, 0.3) is 0 Å². The van der Waals surface area contributed by atoms with Gasteiger partial charge in [0.15, 0.2) is 0 Å². The average molecular weight is 381 g/mol. The number of aryl methyl sites for hydroxylation is 1. The van der Waals surface area contributed by atoms with E-state index >= 15 is 0 Å². The van der Waals surface area contributed by atoms with Crippen LogP contribution in [0, 0.1) is 18.6 Å². The molecule has 0 heterocycles. The first-order chi connectivity index (χ1) is 10.9. The third-order valence-corrected chi connectivity index (χ3v) is 4.12. The van der Waals surface area contributed by atoms with Crippen molar-refractivity contribution < 1.29 is 8.78 Å². The van der Waals surface area contributed by atoms with Crippen LogP contribution >= 0.6 is 15.9 Å². The molecule has 2 aromatic carbocycles. The number of rotatable bonds is 5. The molecule has 0 N–H and O–H groups in total. The van der Waals surface area contributed by atoms with Crippen LogP contribution < -0.4 is 0 Å². The Hall–Kier alpha value is -1.75. The molecule has 0 atom stereocenters. The fourth-order valence-corrected chi connectivity index (χ4v) is 2.57. The van der Waals surface area contributed by atoms with Gasteiger partial charge in [0.1, 0.15) is 11.6 Å². The van der Waals surface area contributed by atoms with Crippen LogP contribution in [0.3, 0.4) is 0 Å². The predicted octanol–water partition coefficient (Wildman–Crippen LogP) is 5.24. The quantitative estimate of drug-likeness (QED) is 0.511. The topological polar surface area (TPSA) is 15.6 Å². The minimum absolute atomic E-state index is 0.292. The molecule has 0 aliphatic heterocycles. The first kappa shape index (κ1) is 17.6. The van der Waals surface area contributed by atoms with Crippen molar-refractivity contribution in [3.63, 3.8) is 0 Å². The summed E-state index contributed by atoms with van der Waals surface area (Å²) in [4.78, 5) is 6.39. The molecule has 0 aliphatic carbocycles. The Labute approximate surface area is 144 Å². The van der Waals surface area contributed by atoms with Gasteiger partial charge in [0, 0.05) is 24.5 Å². The lowest BCUT2D eigenvalue weighted by molar-refractivity contribution is 0.552. The van der Waals surface area contributed by atoms with Crippen LogP contribution in [0.5, 0.6) is 0 Å². The monoisotopic (exact) mass is 380 g/mol. The number of aliphatic imine (C=N–C) groups is 1. The Balaban J connectivity index is 2.42. The molecule has 0 aliphatic rings. The highest BCUT2D eigenvalue weighted by molar-refractivity contribution is 9.10. The van der Waals surface area contributed by atoms with Gasteiger partial charge >= 0.3 is 0 Å². The van der Waals surface area contributed by atoms with Gasteiger partial charge in [-0.25, -0.2) is 13.8 Å². The second kappa shape index (κ2) is 7.68. The summed E-state index contributed by atoms with van der Waals surface area (Å²) in [6.07, 6.45) is 2.00. The molecular formula is C18H19BrF2N2. The Bertz CT molecular complexity index is 729. The van der Waals surface area contributed by atoms with Crippen LogP contribution in [-0.4, -0.2) is 24.8 Å². The molecule has 0 unspecified atom stereocenters. The number of hydrogen-bond acceptors (Lipinski definition) is 1. The summed E-state index contributed by atoms with van der Waals surface area (Å²) in [7, 11) is 1.91. The maximum Gasteiger partial charge on any atom is 0.127 e. The minimum Gasteiger partial charge on any atom is -0.366 e. The zero-order valence-corrected chi connectivity index (χ0v) is 15.0. The lowest BCUT2D eigenvalue weighted by atomic mass is 10.00. The van der Waals surface area contributed by atoms with Crippen molar-refractivity contribution in [1.29, 1.82) is 0 Å². The van der Waals surface area contributed by atoms with E-state index < -0.39 is 0 Å². The van der Waals surface area contributed by atoms with Crippen LogP contribution in [-0.2, 0) is 6.42 Å². The smallest absolute Gasteiger partial charge is 0.127 e. The maximum atomic E-state index is 14.1. The van der Waals surface area contributed by atoms with Gasteiger partial charge in [-0.05, 0) is 54.8 Å². The first-order valence-electron chi connectivity index (χ1n) is 7.38. The molecule has 2 rings (SSSR count). The van der Waals surface area contributed by atoms with E-state index in [1.54, 1.807) is 18.5 Å². The normalized spacial score (nSPS) is 11.2. The molecule has 0 saturated heterocycles. The molecule has 23 heavy (non-hydrogen) atoms. The standard InChI is InChI=1S/C18H19BrF2N2/c1-4-23(3)11-22-18-12(2)7-16(20)9-14(18)8-13-5-6-15(19)10-17(13)21/h5-7,9-11H,4,8H2,1-3H3. The van der Waals surface area contributed by atoms with E-state index in [1.807, 2.05) is 25.8 Å². The number of benzene rings is 2.